The predicted molar refractivity (Wildman–Crippen MR) is 69.8 cm³/mol. The molecule has 0 amide bonds. The quantitative estimate of drug-likeness (QED) is 0.722. The van der Waals surface area contributed by atoms with Crippen molar-refractivity contribution in [2.45, 2.75) is 38.3 Å². The average molecular weight is 251 g/mol. The maximum atomic E-state index is 11.9. The number of unbranched alkanes of at least 4 members (excludes halogenated alkanes) is 1. The van der Waals surface area contributed by atoms with Crippen LogP contribution in [-0.2, 0) is 16.1 Å². The molecule has 1 aromatic carbocycles. The van der Waals surface area contributed by atoms with Crippen molar-refractivity contribution in [2.24, 2.45) is 5.73 Å². The molecule has 0 bridgehead atoms. The van der Waals surface area contributed by atoms with Gasteiger partial charge in [-0.25, -0.2) is 4.79 Å². The monoisotopic (exact) mass is 251 g/mol. The smallest absolute Gasteiger partial charge is 0.328 e. The fourth-order valence-electron chi connectivity index (χ4n) is 1.60. The van der Waals surface area contributed by atoms with Crippen molar-refractivity contribution in [1.29, 1.82) is 0 Å². The maximum Gasteiger partial charge on any atom is 0.328 e. The number of esters is 1. The lowest BCUT2D eigenvalue weighted by molar-refractivity contribution is -0.153. The molecule has 1 rings (SSSR count). The van der Waals surface area contributed by atoms with E-state index in [1.165, 1.54) is 0 Å². The Kier molecular flexibility index (Phi) is 5.82. The second-order valence-corrected chi connectivity index (χ2v) is 4.48. The number of carbonyl (C=O) groups excluding carboxylic acids is 1. The molecule has 0 saturated carbocycles. The molecule has 0 spiro atoms. The number of rotatable bonds is 7. The van der Waals surface area contributed by atoms with Crippen LogP contribution >= 0.6 is 0 Å². The normalized spacial score (nSPS) is 13.9. The first kappa shape index (κ1) is 14.7. The zero-order valence-electron chi connectivity index (χ0n) is 10.8. The Morgan fingerprint density at radius 2 is 2.06 bits per heavy atom. The molecule has 1 atom stereocenters. The third-order valence-electron chi connectivity index (χ3n) is 2.88. The Balaban J connectivity index is 2.52. The van der Waals surface area contributed by atoms with Crippen LogP contribution in [0.5, 0.6) is 0 Å². The lowest BCUT2D eigenvalue weighted by Gasteiger charge is -2.24. The van der Waals surface area contributed by atoms with Crippen molar-refractivity contribution in [3.63, 3.8) is 0 Å². The third kappa shape index (κ3) is 4.13. The molecule has 0 aliphatic heterocycles. The molecule has 0 fully saturated rings. The van der Waals surface area contributed by atoms with Gasteiger partial charge in [-0.1, -0.05) is 50.1 Å². The SMILES string of the molecule is CCCC[C@@](N)(CO)C(=O)OCc1ccccc1. The Labute approximate surface area is 108 Å². The number of carbonyl (C=O) groups is 1. The predicted octanol–water partition coefficient (Wildman–Crippen LogP) is 1.61. The van der Waals surface area contributed by atoms with Crippen molar-refractivity contribution in [3.05, 3.63) is 35.9 Å². The first-order chi connectivity index (χ1) is 8.62. The van der Waals surface area contributed by atoms with E-state index in [0.29, 0.717) is 6.42 Å². The molecule has 4 nitrogen and oxygen atoms in total. The minimum atomic E-state index is -1.27. The number of hydrogen-bond donors (Lipinski definition) is 2. The maximum absolute atomic E-state index is 11.9. The first-order valence-corrected chi connectivity index (χ1v) is 6.23. The Bertz CT molecular complexity index is 367. The molecule has 0 unspecified atom stereocenters. The van der Waals surface area contributed by atoms with Gasteiger partial charge in [0.25, 0.3) is 0 Å². The van der Waals surface area contributed by atoms with Gasteiger partial charge in [-0.05, 0) is 12.0 Å². The highest BCUT2D eigenvalue weighted by Crippen LogP contribution is 2.14. The van der Waals surface area contributed by atoms with Crippen molar-refractivity contribution in [1.82, 2.24) is 0 Å². The van der Waals surface area contributed by atoms with Crippen LogP contribution in [0.15, 0.2) is 30.3 Å². The van der Waals surface area contributed by atoms with Gasteiger partial charge in [0.2, 0.25) is 0 Å². The number of aliphatic hydroxyl groups is 1. The van der Waals surface area contributed by atoms with E-state index < -0.39 is 11.5 Å². The molecule has 0 aliphatic carbocycles. The largest absolute Gasteiger partial charge is 0.459 e. The van der Waals surface area contributed by atoms with E-state index in [0.717, 1.165) is 18.4 Å². The number of nitrogens with two attached hydrogens (primary N) is 1. The van der Waals surface area contributed by atoms with Gasteiger partial charge < -0.3 is 15.6 Å². The van der Waals surface area contributed by atoms with Crippen LogP contribution in [0, 0.1) is 0 Å². The summed E-state index contributed by atoms with van der Waals surface area (Å²) in [6.45, 7) is 1.80. The second kappa shape index (κ2) is 7.13. The summed E-state index contributed by atoms with van der Waals surface area (Å²) in [6.07, 6.45) is 2.15. The molecule has 0 radical (unpaired) electrons. The molecule has 0 heterocycles. The molecule has 4 heteroatoms. The van der Waals surface area contributed by atoms with Crippen LogP contribution in [0.1, 0.15) is 31.7 Å². The first-order valence-electron chi connectivity index (χ1n) is 6.23. The van der Waals surface area contributed by atoms with E-state index in [1.54, 1.807) is 0 Å². The molecule has 1 aromatic rings. The highest BCUT2D eigenvalue weighted by Gasteiger charge is 2.34. The van der Waals surface area contributed by atoms with E-state index in [2.05, 4.69) is 0 Å². The summed E-state index contributed by atoms with van der Waals surface area (Å²) in [5.41, 5.74) is 5.50. The Hall–Kier alpha value is -1.39. The molecule has 100 valence electrons. The van der Waals surface area contributed by atoms with E-state index in [4.69, 9.17) is 10.5 Å². The number of aliphatic hydroxyl groups excluding tert-OH is 1. The van der Waals surface area contributed by atoms with Crippen LogP contribution in [0.4, 0.5) is 0 Å². The molecule has 18 heavy (non-hydrogen) atoms. The summed E-state index contributed by atoms with van der Waals surface area (Å²) in [5, 5.41) is 9.25. The highest BCUT2D eigenvalue weighted by atomic mass is 16.5. The zero-order chi connectivity index (χ0) is 13.4. The average Bonchev–Trinajstić information content (AvgIpc) is 2.43. The van der Waals surface area contributed by atoms with Gasteiger partial charge in [0, 0.05) is 0 Å². The zero-order valence-corrected chi connectivity index (χ0v) is 10.8. The van der Waals surface area contributed by atoms with Crippen molar-refractivity contribution >= 4 is 5.97 Å². The van der Waals surface area contributed by atoms with Crippen LogP contribution in [0.25, 0.3) is 0 Å². The van der Waals surface area contributed by atoms with Crippen LogP contribution in [-0.4, -0.2) is 23.2 Å². The van der Waals surface area contributed by atoms with Crippen molar-refractivity contribution in [3.8, 4) is 0 Å². The highest BCUT2D eigenvalue weighted by molar-refractivity contribution is 5.80. The van der Waals surface area contributed by atoms with E-state index >= 15 is 0 Å². The van der Waals surface area contributed by atoms with Crippen LogP contribution in [0.3, 0.4) is 0 Å². The summed E-state index contributed by atoms with van der Waals surface area (Å²) in [5.74, 6) is -0.540. The van der Waals surface area contributed by atoms with E-state index in [9.17, 15) is 9.90 Å². The molecule has 0 saturated heterocycles. The van der Waals surface area contributed by atoms with E-state index in [-0.39, 0.29) is 13.2 Å². The number of ether oxygens (including phenoxy) is 1. The van der Waals surface area contributed by atoms with Gasteiger partial charge in [-0.3, -0.25) is 0 Å². The summed E-state index contributed by atoms with van der Waals surface area (Å²) in [6, 6.07) is 9.39. The van der Waals surface area contributed by atoms with Crippen LogP contribution in [0.2, 0.25) is 0 Å². The lowest BCUT2D eigenvalue weighted by atomic mass is 9.95. The number of benzene rings is 1. The second-order valence-electron chi connectivity index (χ2n) is 4.48. The molecular weight excluding hydrogens is 230 g/mol. The van der Waals surface area contributed by atoms with E-state index in [1.807, 2.05) is 37.3 Å². The summed E-state index contributed by atoms with van der Waals surface area (Å²) in [4.78, 5) is 11.9. The van der Waals surface area contributed by atoms with Crippen LogP contribution < -0.4 is 5.73 Å². The van der Waals surface area contributed by atoms with Crippen molar-refractivity contribution in [2.75, 3.05) is 6.61 Å². The topological polar surface area (TPSA) is 72.5 Å². The minimum absolute atomic E-state index is 0.185. The fraction of sp³-hybridized carbons (Fsp3) is 0.500. The third-order valence-corrected chi connectivity index (χ3v) is 2.88. The Morgan fingerprint density at radius 1 is 1.39 bits per heavy atom. The van der Waals surface area contributed by atoms with Gasteiger partial charge in [-0.15, -0.1) is 0 Å². The van der Waals surface area contributed by atoms with Gasteiger partial charge in [0.1, 0.15) is 12.1 Å². The van der Waals surface area contributed by atoms with Gasteiger partial charge in [0.15, 0.2) is 0 Å². The van der Waals surface area contributed by atoms with Crippen molar-refractivity contribution < 1.29 is 14.6 Å². The van der Waals surface area contributed by atoms with Gasteiger partial charge in [0.05, 0.1) is 6.61 Å². The fourth-order valence-corrected chi connectivity index (χ4v) is 1.60. The standard InChI is InChI=1S/C14H21NO3/c1-2-3-9-14(15,11-16)13(17)18-10-12-7-5-4-6-8-12/h4-8,16H,2-3,9-11,15H2,1H3/t14-/m1/s1. The summed E-state index contributed by atoms with van der Waals surface area (Å²) in [7, 11) is 0. The van der Waals surface area contributed by atoms with Gasteiger partial charge >= 0.3 is 5.97 Å². The Morgan fingerprint density at radius 3 is 2.61 bits per heavy atom. The molecule has 3 N–H and O–H groups in total. The lowest BCUT2D eigenvalue weighted by Crippen LogP contribution is -2.52. The number of hydrogen-bond acceptors (Lipinski definition) is 4. The molecule has 0 aromatic heterocycles. The minimum Gasteiger partial charge on any atom is -0.459 e. The molecule has 0 aliphatic rings. The summed E-state index contributed by atoms with van der Waals surface area (Å²) < 4.78 is 5.16. The summed E-state index contributed by atoms with van der Waals surface area (Å²) >= 11 is 0. The van der Waals surface area contributed by atoms with Gasteiger partial charge in [-0.2, -0.15) is 0 Å². The molecular formula is C14H21NO3.